The number of phenolic OH excluding ortho intramolecular Hbond substituents is 4. The Morgan fingerprint density at radius 1 is 1.03 bits per heavy atom. The number of carbonyl (C=O) groups excluding carboxylic acids is 1. The minimum atomic E-state index is -0.755. The van der Waals surface area contributed by atoms with E-state index in [1.165, 1.54) is 23.8 Å². The van der Waals surface area contributed by atoms with Crippen LogP contribution in [0.15, 0.2) is 41.5 Å². The number of fused-ring (bicyclic) bond motifs is 1. The van der Waals surface area contributed by atoms with Crippen molar-refractivity contribution in [2.75, 3.05) is 0 Å². The van der Waals surface area contributed by atoms with Crippen molar-refractivity contribution >= 4 is 5.78 Å². The Hall–Kier alpha value is -3.41. The SMILES string of the molecule is CC(C)=CCC/C(C)=C/Cc1c(O)cc2c(c1O)C(=O)CC(c1cc(O)c(C)c(O)c1)O2. The summed E-state index contributed by atoms with van der Waals surface area (Å²) in [5.41, 5.74) is 3.48. The van der Waals surface area contributed by atoms with Gasteiger partial charge in [0.25, 0.3) is 0 Å². The van der Waals surface area contributed by atoms with Gasteiger partial charge in [-0.05, 0) is 59.1 Å². The lowest BCUT2D eigenvalue weighted by atomic mass is 9.92. The van der Waals surface area contributed by atoms with Gasteiger partial charge in [0.2, 0.25) is 0 Å². The molecule has 0 aliphatic carbocycles. The number of ether oxygens (including phenoxy) is 1. The molecule has 0 aromatic heterocycles. The Kier molecular flexibility index (Phi) is 6.82. The first-order chi connectivity index (χ1) is 15.1. The summed E-state index contributed by atoms with van der Waals surface area (Å²) in [4.78, 5) is 12.9. The highest BCUT2D eigenvalue weighted by Gasteiger charge is 2.33. The molecule has 1 heterocycles. The number of hydrogen-bond donors (Lipinski definition) is 4. The first-order valence-electron chi connectivity index (χ1n) is 10.7. The van der Waals surface area contributed by atoms with Gasteiger partial charge >= 0.3 is 0 Å². The highest BCUT2D eigenvalue weighted by Crippen LogP contribution is 2.45. The quantitative estimate of drug-likeness (QED) is 0.427. The van der Waals surface area contributed by atoms with Crippen LogP contribution >= 0.6 is 0 Å². The summed E-state index contributed by atoms with van der Waals surface area (Å²) in [6.45, 7) is 7.68. The number of ketones is 1. The number of carbonyl (C=O) groups is 1. The maximum Gasteiger partial charge on any atom is 0.174 e. The monoisotopic (exact) mass is 438 g/mol. The van der Waals surface area contributed by atoms with Gasteiger partial charge in [0.05, 0.1) is 6.42 Å². The van der Waals surface area contributed by atoms with Crippen LogP contribution in [0.25, 0.3) is 0 Å². The summed E-state index contributed by atoms with van der Waals surface area (Å²) in [6, 6.07) is 4.22. The molecule has 1 aliphatic heterocycles. The van der Waals surface area contributed by atoms with Crippen LogP contribution in [0.3, 0.4) is 0 Å². The highest BCUT2D eigenvalue weighted by atomic mass is 16.5. The average Bonchev–Trinajstić information content (AvgIpc) is 2.70. The zero-order valence-electron chi connectivity index (χ0n) is 18.9. The lowest BCUT2D eigenvalue weighted by Crippen LogP contribution is -2.21. The van der Waals surface area contributed by atoms with Crippen molar-refractivity contribution in [2.45, 2.75) is 59.5 Å². The van der Waals surface area contributed by atoms with Gasteiger partial charge in [0.15, 0.2) is 5.78 Å². The first kappa shape index (κ1) is 23.3. The van der Waals surface area contributed by atoms with Crippen molar-refractivity contribution in [2.24, 2.45) is 0 Å². The number of hydrogen-bond acceptors (Lipinski definition) is 6. The third-order valence-corrected chi connectivity index (χ3v) is 5.76. The van der Waals surface area contributed by atoms with Gasteiger partial charge in [0, 0.05) is 22.8 Å². The molecular weight excluding hydrogens is 408 g/mol. The van der Waals surface area contributed by atoms with Gasteiger partial charge in [-0.2, -0.15) is 0 Å². The van der Waals surface area contributed by atoms with E-state index in [1.807, 2.05) is 13.0 Å². The van der Waals surface area contributed by atoms with Crippen molar-refractivity contribution < 1.29 is 30.0 Å². The highest BCUT2D eigenvalue weighted by molar-refractivity contribution is 6.03. The van der Waals surface area contributed by atoms with E-state index >= 15 is 0 Å². The number of aromatic hydroxyl groups is 4. The molecule has 170 valence electrons. The minimum Gasteiger partial charge on any atom is -0.508 e. The van der Waals surface area contributed by atoms with Gasteiger partial charge in [0.1, 0.15) is 40.4 Å². The van der Waals surface area contributed by atoms with E-state index in [9.17, 15) is 25.2 Å². The number of allylic oxidation sites excluding steroid dienone is 4. The predicted octanol–water partition coefficient (Wildman–Crippen LogP) is 5.76. The van der Waals surface area contributed by atoms with Gasteiger partial charge < -0.3 is 25.2 Å². The maximum absolute atomic E-state index is 12.9. The standard InChI is InChI=1S/C26H30O6/c1-14(2)6-5-7-15(3)8-9-18-21(29)12-24-25(26(18)31)22(30)13-23(32-24)17-10-19(27)16(4)20(28)11-17/h6,8,10-12,23,27-29,31H,5,7,9,13H2,1-4H3/b15-8+. The molecule has 4 N–H and O–H groups in total. The fourth-order valence-electron chi connectivity index (χ4n) is 3.75. The number of rotatable bonds is 6. The Balaban J connectivity index is 1.86. The Morgan fingerprint density at radius 2 is 1.69 bits per heavy atom. The van der Waals surface area contributed by atoms with Crippen molar-refractivity contribution in [1.82, 2.24) is 0 Å². The van der Waals surface area contributed by atoms with Crippen LogP contribution in [-0.2, 0) is 6.42 Å². The van der Waals surface area contributed by atoms with E-state index in [2.05, 4.69) is 19.9 Å². The summed E-state index contributed by atoms with van der Waals surface area (Å²) < 4.78 is 5.87. The molecule has 6 heteroatoms. The van der Waals surface area contributed by atoms with Crippen molar-refractivity contribution in [3.05, 3.63) is 63.8 Å². The molecule has 2 aromatic carbocycles. The van der Waals surface area contributed by atoms with Crippen molar-refractivity contribution in [3.63, 3.8) is 0 Å². The van der Waals surface area contributed by atoms with Gasteiger partial charge in [-0.3, -0.25) is 4.79 Å². The third kappa shape index (κ3) is 4.90. The Morgan fingerprint density at radius 3 is 2.31 bits per heavy atom. The molecule has 0 saturated heterocycles. The summed E-state index contributed by atoms with van der Waals surface area (Å²) >= 11 is 0. The van der Waals surface area contributed by atoms with E-state index in [1.54, 1.807) is 6.92 Å². The zero-order chi connectivity index (χ0) is 23.6. The molecule has 0 amide bonds. The van der Waals surface area contributed by atoms with Crippen LogP contribution < -0.4 is 4.74 Å². The van der Waals surface area contributed by atoms with E-state index in [0.717, 1.165) is 18.4 Å². The van der Waals surface area contributed by atoms with E-state index in [0.29, 0.717) is 17.5 Å². The molecule has 3 rings (SSSR count). The summed E-state index contributed by atoms with van der Waals surface area (Å²) in [6.07, 6.45) is 5.36. The van der Waals surface area contributed by atoms with Gasteiger partial charge in [-0.25, -0.2) is 0 Å². The van der Waals surface area contributed by atoms with E-state index < -0.39 is 6.10 Å². The lowest BCUT2D eigenvalue weighted by Gasteiger charge is -2.27. The average molecular weight is 439 g/mol. The molecule has 0 radical (unpaired) electrons. The molecular formula is C26H30O6. The fourth-order valence-corrected chi connectivity index (χ4v) is 3.75. The second kappa shape index (κ2) is 9.39. The van der Waals surface area contributed by atoms with Crippen molar-refractivity contribution in [3.8, 4) is 28.7 Å². The molecule has 6 nitrogen and oxygen atoms in total. The molecule has 0 spiro atoms. The van der Waals surface area contributed by atoms with E-state index in [4.69, 9.17) is 4.74 Å². The molecule has 32 heavy (non-hydrogen) atoms. The molecule has 0 bridgehead atoms. The predicted molar refractivity (Wildman–Crippen MR) is 123 cm³/mol. The van der Waals surface area contributed by atoms with Crippen LogP contribution in [-0.4, -0.2) is 26.2 Å². The van der Waals surface area contributed by atoms with Crippen LogP contribution in [0.2, 0.25) is 0 Å². The minimum absolute atomic E-state index is 0.0465. The summed E-state index contributed by atoms with van der Waals surface area (Å²) in [5.74, 6) is -0.888. The van der Waals surface area contributed by atoms with Gasteiger partial charge in [-0.1, -0.05) is 23.3 Å². The van der Waals surface area contributed by atoms with Crippen LogP contribution in [0.5, 0.6) is 28.7 Å². The summed E-state index contributed by atoms with van der Waals surface area (Å²) in [7, 11) is 0. The smallest absolute Gasteiger partial charge is 0.174 e. The van der Waals surface area contributed by atoms with Crippen LogP contribution in [0.4, 0.5) is 0 Å². The van der Waals surface area contributed by atoms with Crippen LogP contribution in [0, 0.1) is 6.92 Å². The number of phenols is 4. The lowest BCUT2D eigenvalue weighted by molar-refractivity contribution is 0.0843. The van der Waals surface area contributed by atoms with E-state index in [-0.39, 0.29) is 52.1 Å². The molecule has 1 atom stereocenters. The third-order valence-electron chi connectivity index (χ3n) is 5.76. The molecule has 0 saturated carbocycles. The topological polar surface area (TPSA) is 107 Å². The number of benzene rings is 2. The Labute approximate surface area is 188 Å². The second-order valence-electron chi connectivity index (χ2n) is 8.59. The maximum atomic E-state index is 12.9. The number of Topliss-reactive ketones (excluding diaryl/α,β-unsaturated/α-hetero) is 1. The first-order valence-corrected chi connectivity index (χ1v) is 10.7. The Bertz CT molecular complexity index is 1080. The van der Waals surface area contributed by atoms with Crippen LogP contribution in [0.1, 0.15) is 73.2 Å². The molecule has 0 fully saturated rings. The largest absolute Gasteiger partial charge is 0.508 e. The zero-order valence-corrected chi connectivity index (χ0v) is 18.9. The fraction of sp³-hybridized carbons (Fsp3) is 0.346. The molecule has 2 aromatic rings. The van der Waals surface area contributed by atoms with Gasteiger partial charge in [-0.15, -0.1) is 0 Å². The molecule has 1 aliphatic rings. The summed E-state index contributed by atoms with van der Waals surface area (Å²) in [5, 5.41) is 41.2. The second-order valence-corrected chi connectivity index (χ2v) is 8.59. The van der Waals surface area contributed by atoms with Crippen molar-refractivity contribution in [1.29, 1.82) is 0 Å². The normalized spacial score (nSPS) is 15.8. The molecule has 1 unspecified atom stereocenters.